The second-order valence-corrected chi connectivity index (χ2v) is 6.61. The van der Waals surface area contributed by atoms with E-state index in [-0.39, 0.29) is 23.1 Å². The largest absolute Gasteiger partial charge is 0.508 e. The predicted octanol–water partition coefficient (Wildman–Crippen LogP) is 2.51. The Labute approximate surface area is 134 Å². The number of carbonyl (C=O) groups is 1. The van der Waals surface area contributed by atoms with E-state index in [0.717, 1.165) is 6.26 Å². The van der Waals surface area contributed by atoms with Gasteiger partial charge >= 0.3 is 0 Å². The van der Waals surface area contributed by atoms with E-state index in [1.165, 1.54) is 43.3 Å². The highest BCUT2D eigenvalue weighted by atomic mass is 32.2. The average Bonchev–Trinajstić information content (AvgIpc) is 2.42. The van der Waals surface area contributed by atoms with E-state index in [9.17, 15) is 18.3 Å². The third kappa shape index (κ3) is 5.19. The van der Waals surface area contributed by atoms with Gasteiger partial charge in [-0.25, -0.2) is 8.42 Å². The van der Waals surface area contributed by atoms with Gasteiger partial charge in [-0.2, -0.15) is 0 Å². The number of aromatic hydroxyl groups is 1. The molecule has 1 amide bonds. The molecule has 0 radical (unpaired) electrons. The number of ether oxygens (including phenoxy) is 1. The van der Waals surface area contributed by atoms with Crippen LogP contribution in [0.5, 0.6) is 17.2 Å². The fourth-order valence-corrected chi connectivity index (χ4v) is 2.38. The minimum Gasteiger partial charge on any atom is -0.508 e. The number of carbonyl (C=O) groups excluding carboxylic acids is 1. The van der Waals surface area contributed by atoms with E-state index in [1.807, 2.05) is 0 Å². The van der Waals surface area contributed by atoms with Gasteiger partial charge in [0.1, 0.15) is 11.5 Å². The van der Waals surface area contributed by atoms with Gasteiger partial charge in [0, 0.05) is 18.7 Å². The van der Waals surface area contributed by atoms with Crippen molar-refractivity contribution in [1.29, 1.82) is 0 Å². The van der Waals surface area contributed by atoms with Crippen molar-refractivity contribution in [2.45, 2.75) is 6.92 Å². The standard InChI is InChI=1S/C15H16N2O5S/c1-10(18)16-11-3-8-14(17-23(2,20)21)15(9-11)22-13-6-4-12(19)5-7-13/h3-9,17,19H,1-2H3,(H,16,18). The number of benzene rings is 2. The van der Waals surface area contributed by atoms with Crippen molar-refractivity contribution in [3.05, 3.63) is 42.5 Å². The molecular formula is C15H16N2O5S. The van der Waals surface area contributed by atoms with Crippen LogP contribution in [-0.2, 0) is 14.8 Å². The Morgan fingerprint density at radius 2 is 1.78 bits per heavy atom. The van der Waals surface area contributed by atoms with Gasteiger partial charge in [-0.1, -0.05) is 0 Å². The van der Waals surface area contributed by atoms with Crippen LogP contribution >= 0.6 is 0 Å². The fourth-order valence-electron chi connectivity index (χ4n) is 1.81. The quantitative estimate of drug-likeness (QED) is 0.778. The molecule has 0 bridgehead atoms. The number of anilines is 2. The number of phenols is 1. The zero-order valence-corrected chi connectivity index (χ0v) is 13.3. The van der Waals surface area contributed by atoms with Crippen molar-refractivity contribution in [3.8, 4) is 17.2 Å². The van der Waals surface area contributed by atoms with Crippen LogP contribution in [0.15, 0.2) is 42.5 Å². The molecule has 7 nitrogen and oxygen atoms in total. The monoisotopic (exact) mass is 336 g/mol. The van der Waals surface area contributed by atoms with Crippen LogP contribution in [0.2, 0.25) is 0 Å². The first-order chi connectivity index (χ1) is 10.7. The molecule has 3 N–H and O–H groups in total. The highest BCUT2D eigenvalue weighted by Crippen LogP contribution is 2.33. The average molecular weight is 336 g/mol. The molecule has 2 aromatic carbocycles. The Kier molecular flexibility index (Phi) is 4.75. The van der Waals surface area contributed by atoms with Crippen molar-refractivity contribution in [3.63, 3.8) is 0 Å². The SMILES string of the molecule is CC(=O)Nc1ccc(NS(C)(=O)=O)c(Oc2ccc(O)cc2)c1. The van der Waals surface area contributed by atoms with Gasteiger partial charge in [0.25, 0.3) is 0 Å². The summed E-state index contributed by atoms with van der Waals surface area (Å²) in [7, 11) is -3.49. The summed E-state index contributed by atoms with van der Waals surface area (Å²) < 4.78 is 30.9. The Morgan fingerprint density at radius 3 is 2.35 bits per heavy atom. The summed E-state index contributed by atoms with van der Waals surface area (Å²) in [5, 5.41) is 11.9. The summed E-state index contributed by atoms with van der Waals surface area (Å²) in [6, 6.07) is 10.5. The molecule has 0 spiro atoms. The number of hydrogen-bond acceptors (Lipinski definition) is 5. The Morgan fingerprint density at radius 1 is 1.13 bits per heavy atom. The number of hydrogen-bond donors (Lipinski definition) is 3. The summed E-state index contributed by atoms with van der Waals surface area (Å²) in [6.45, 7) is 1.36. The number of nitrogens with one attached hydrogen (secondary N) is 2. The Hall–Kier alpha value is -2.74. The first kappa shape index (κ1) is 16.6. The summed E-state index contributed by atoms with van der Waals surface area (Å²) in [5.74, 6) is 0.440. The van der Waals surface area contributed by atoms with Crippen LogP contribution in [0.3, 0.4) is 0 Å². The summed E-state index contributed by atoms with van der Waals surface area (Å²) in [4.78, 5) is 11.1. The minimum absolute atomic E-state index is 0.0823. The van der Waals surface area contributed by atoms with Crippen LogP contribution in [0.1, 0.15) is 6.92 Å². The fraction of sp³-hybridized carbons (Fsp3) is 0.133. The second-order valence-electron chi connectivity index (χ2n) is 4.86. The molecule has 0 atom stereocenters. The summed E-state index contributed by atoms with van der Waals surface area (Å²) in [5.41, 5.74) is 0.694. The van der Waals surface area contributed by atoms with E-state index >= 15 is 0 Å². The van der Waals surface area contributed by atoms with Crippen molar-refractivity contribution >= 4 is 27.3 Å². The van der Waals surface area contributed by atoms with Gasteiger partial charge in [0.2, 0.25) is 15.9 Å². The minimum atomic E-state index is -3.49. The lowest BCUT2D eigenvalue weighted by molar-refractivity contribution is -0.114. The topological polar surface area (TPSA) is 105 Å². The summed E-state index contributed by atoms with van der Waals surface area (Å²) in [6.07, 6.45) is 1.03. The number of amides is 1. The van der Waals surface area contributed by atoms with Gasteiger partial charge in [0.05, 0.1) is 11.9 Å². The lowest BCUT2D eigenvalue weighted by Gasteiger charge is -2.14. The van der Waals surface area contributed by atoms with Gasteiger partial charge in [-0.15, -0.1) is 0 Å². The van der Waals surface area contributed by atoms with Crippen LogP contribution < -0.4 is 14.8 Å². The smallest absolute Gasteiger partial charge is 0.229 e. The maximum atomic E-state index is 11.4. The Balaban J connectivity index is 2.38. The molecule has 0 heterocycles. The van der Waals surface area contributed by atoms with Crippen LogP contribution in [0.25, 0.3) is 0 Å². The van der Waals surface area contributed by atoms with Crippen LogP contribution in [0, 0.1) is 0 Å². The Bertz CT molecular complexity index is 816. The van der Waals surface area contributed by atoms with E-state index in [4.69, 9.17) is 4.74 Å². The molecule has 0 aliphatic rings. The van der Waals surface area contributed by atoms with Gasteiger partial charge < -0.3 is 15.2 Å². The number of sulfonamides is 1. The van der Waals surface area contributed by atoms with E-state index in [0.29, 0.717) is 11.4 Å². The van der Waals surface area contributed by atoms with Crippen molar-refractivity contribution in [1.82, 2.24) is 0 Å². The molecule has 0 aromatic heterocycles. The molecule has 23 heavy (non-hydrogen) atoms. The van der Waals surface area contributed by atoms with Crippen molar-refractivity contribution < 1.29 is 23.1 Å². The molecule has 0 fully saturated rings. The van der Waals surface area contributed by atoms with E-state index in [2.05, 4.69) is 10.0 Å². The molecule has 0 aliphatic heterocycles. The van der Waals surface area contributed by atoms with Gasteiger partial charge in [-0.05, 0) is 36.4 Å². The number of rotatable bonds is 5. The molecule has 8 heteroatoms. The highest BCUT2D eigenvalue weighted by molar-refractivity contribution is 7.92. The lowest BCUT2D eigenvalue weighted by atomic mass is 10.2. The molecule has 0 aliphatic carbocycles. The van der Waals surface area contributed by atoms with Gasteiger partial charge in [0.15, 0.2) is 5.75 Å². The zero-order chi connectivity index (χ0) is 17.0. The number of phenolic OH excluding ortho intramolecular Hbond substituents is 1. The zero-order valence-electron chi connectivity index (χ0n) is 12.5. The van der Waals surface area contributed by atoms with E-state index in [1.54, 1.807) is 6.07 Å². The third-order valence-corrected chi connectivity index (χ3v) is 3.25. The van der Waals surface area contributed by atoms with Crippen molar-refractivity contribution in [2.75, 3.05) is 16.3 Å². The molecule has 0 saturated carbocycles. The molecule has 0 unspecified atom stereocenters. The molecular weight excluding hydrogens is 320 g/mol. The maximum Gasteiger partial charge on any atom is 0.229 e. The maximum absolute atomic E-state index is 11.4. The predicted molar refractivity (Wildman–Crippen MR) is 87.4 cm³/mol. The normalized spacial score (nSPS) is 10.9. The second kappa shape index (κ2) is 6.57. The third-order valence-electron chi connectivity index (χ3n) is 2.66. The highest BCUT2D eigenvalue weighted by Gasteiger charge is 2.11. The van der Waals surface area contributed by atoms with E-state index < -0.39 is 10.0 Å². The lowest BCUT2D eigenvalue weighted by Crippen LogP contribution is -2.11. The molecule has 2 aromatic rings. The molecule has 122 valence electrons. The van der Waals surface area contributed by atoms with Crippen molar-refractivity contribution in [2.24, 2.45) is 0 Å². The first-order valence-corrected chi connectivity index (χ1v) is 8.48. The van der Waals surface area contributed by atoms with Crippen LogP contribution in [0.4, 0.5) is 11.4 Å². The first-order valence-electron chi connectivity index (χ1n) is 6.59. The van der Waals surface area contributed by atoms with Gasteiger partial charge in [-0.3, -0.25) is 9.52 Å². The molecule has 2 rings (SSSR count). The van der Waals surface area contributed by atoms with Crippen LogP contribution in [-0.4, -0.2) is 25.7 Å². The molecule has 0 saturated heterocycles. The summed E-state index contributed by atoms with van der Waals surface area (Å²) >= 11 is 0.